The summed E-state index contributed by atoms with van der Waals surface area (Å²) in [5.41, 5.74) is 0.561. The maximum atomic E-state index is 12.4. The smallest absolute Gasteiger partial charge is 0.258 e. The van der Waals surface area contributed by atoms with E-state index in [1.54, 1.807) is 17.9 Å². The number of amides is 2. The molecule has 1 saturated carbocycles. The molecule has 1 saturated heterocycles. The van der Waals surface area contributed by atoms with Crippen LogP contribution in [0, 0.1) is 6.92 Å². The van der Waals surface area contributed by atoms with Crippen molar-refractivity contribution in [3.63, 3.8) is 0 Å². The first-order valence-electron chi connectivity index (χ1n) is 6.82. The highest BCUT2D eigenvalue weighted by molar-refractivity contribution is 5.98. The maximum absolute atomic E-state index is 12.4. The van der Waals surface area contributed by atoms with Crippen LogP contribution in [-0.2, 0) is 4.79 Å². The molecule has 1 aromatic rings. The molecule has 0 radical (unpaired) electrons. The molecule has 1 aliphatic heterocycles. The van der Waals surface area contributed by atoms with Gasteiger partial charge < -0.3 is 14.6 Å². The molecule has 2 heterocycles. The minimum atomic E-state index is -0.317. The van der Waals surface area contributed by atoms with Crippen molar-refractivity contribution in [2.45, 2.75) is 44.7 Å². The Morgan fingerprint density at radius 2 is 2.16 bits per heavy atom. The average molecular weight is 262 g/mol. The summed E-state index contributed by atoms with van der Waals surface area (Å²) in [6, 6.07) is 1.69. The predicted octanol–water partition coefficient (Wildman–Crippen LogP) is 1.47. The number of hydrogen-bond donors (Lipinski definition) is 1. The summed E-state index contributed by atoms with van der Waals surface area (Å²) < 4.78 is 5.17. The van der Waals surface area contributed by atoms with E-state index < -0.39 is 0 Å². The molecule has 2 fully saturated rings. The number of furan rings is 1. The van der Waals surface area contributed by atoms with Crippen molar-refractivity contribution >= 4 is 11.8 Å². The first-order valence-corrected chi connectivity index (χ1v) is 6.82. The van der Waals surface area contributed by atoms with Gasteiger partial charge in [-0.2, -0.15) is 0 Å². The van der Waals surface area contributed by atoms with Crippen LogP contribution in [0.3, 0.4) is 0 Å². The van der Waals surface area contributed by atoms with Gasteiger partial charge >= 0.3 is 0 Å². The van der Waals surface area contributed by atoms with Crippen molar-refractivity contribution in [3.05, 3.63) is 23.7 Å². The minimum Gasteiger partial charge on any atom is -0.469 e. The molecular weight excluding hydrogens is 244 g/mol. The van der Waals surface area contributed by atoms with Crippen LogP contribution in [-0.4, -0.2) is 35.3 Å². The number of rotatable bonds is 3. The van der Waals surface area contributed by atoms with E-state index in [1.165, 1.54) is 6.26 Å². The second-order valence-electron chi connectivity index (χ2n) is 5.33. The van der Waals surface area contributed by atoms with E-state index >= 15 is 0 Å². The van der Waals surface area contributed by atoms with E-state index in [0.717, 1.165) is 25.7 Å². The first kappa shape index (κ1) is 12.3. The lowest BCUT2D eigenvalue weighted by Gasteiger charge is -2.23. The Kier molecular flexibility index (Phi) is 3.05. The highest BCUT2D eigenvalue weighted by atomic mass is 16.3. The lowest BCUT2D eigenvalue weighted by Crippen LogP contribution is -2.46. The Morgan fingerprint density at radius 1 is 1.37 bits per heavy atom. The molecule has 1 N–H and O–H groups in total. The van der Waals surface area contributed by atoms with Crippen LogP contribution >= 0.6 is 0 Å². The van der Waals surface area contributed by atoms with Crippen LogP contribution in [0.2, 0.25) is 0 Å². The molecule has 2 aliphatic rings. The SMILES string of the molecule is Cc1occc1C(=O)N1CCCC1C(=O)NC1CC1. The molecule has 102 valence electrons. The van der Waals surface area contributed by atoms with Gasteiger partial charge in [0.1, 0.15) is 11.8 Å². The van der Waals surface area contributed by atoms with E-state index in [2.05, 4.69) is 5.32 Å². The van der Waals surface area contributed by atoms with Gasteiger partial charge in [0, 0.05) is 12.6 Å². The maximum Gasteiger partial charge on any atom is 0.258 e. The van der Waals surface area contributed by atoms with Crippen molar-refractivity contribution in [1.29, 1.82) is 0 Å². The molecule has 1 atom stereocenters. The quantitative estimate of drug-likeness (QED) is 0.897. The van der Waals surface area contributed by atoms with Gasteiger partial charge in [-0.1, -0.05) is 0 Å². The third-order valence-corrected chi connectivity index (χ3v) is 3.83. The lowest BCUT2D eigenvalue weighted by molar-refractivity contribution is -0.125. The van der Waals surface area contributed by atoms with E-state index in [1.807, 2.05) is 0 Å². The van der Waals surface area contributed by atoms with Gasteiger partial charge in [0.05, 0.1) is 11.8 Å². The number of carbonyl (C=O) groups excluding carboxylic acids is 2. The average Bonchev–Trinajstić information content (AvgIpc) is 2.92. The summed E-state index contributed by atoms with van der Waals surface area (Å²) >= 11 is 0. The number of hydrogen-bond acceptors (Lipinski definition) is 3. The first-order chi connectivity index (χ1) is 9.16. The van der Waals surface area contributed by atoms with Crippen molar-refractivity contribution in [2.24, 2.45) is 0 Å². The van der Waals surface area contributed by atoms with Gasteiger partial charge in [-0.25, -0.2) is 0 Å². The van der Waals surface area contributed by atoms with Crippen LogP contribution in [0.5, 0.6) is 0 Å². The van der Waals surface area contributed by atoms with Crippen LogP contribution in [0.15, 0.2) is 16.7 Å². The lowest BCUT2D eigenvalue weighted by atomic mass is 10.1. The van der Waals surface area contributed by atoms with E-state index in [9.17, 15) is 9.59 Å². The summed E-state index contributed by atoms with van der Waals surface area (Å²) in [5, 5.41) is 2.98. The van der Waals surface area contributed by atoms with Crippen molar-refractivity contribution in [1.82, 2.24) is 10.2 Å². The summed E-state index contributed by atoms with van der Waals surface area (Å²) in [6.07, 6.45) is 5.27. The molecule has 2 amide bonds. The van der Waals surface area contributed by atoms with Gasteiger partial charge in [-0.05, 0) is 38.7 Å². The Bertz CT molecular complexity index is 505. The second-order valence-corrected chi connectivity index (χ2v) is 5.33. The van der Waals surface area contributed by atoms with Crippen LogP contribution in [0.4, 0.5) is 0 Å². The summed E-state index contributed by atoms with van der Waals surface area (Å²) in [5.74, 6) is 0.507. The minimum absolute atomic E-state index is 0.00509. The largest absolute Gasteiger partial charge is 0.469 e. The molecule has 0 spiro atoms. The van der Waals surface area contributed by atoms with Gasteiger partial charge in [0.15, 0.2) is 0 Å². The number of aryl methyl sites for hydroxylation is 1. The molecule has 0 aromatic carbocycles. The summed E-state index contributed by atoms with van der Waals surface area (Å²) in [6.45, 7) is 2.41. The zero-order valence-corrected chi connectivity index (χ0v) is 11.0. The summed E-state index contributed by atoms with van der Waals surface area (Å²) in [7, 11) is 0. The number of carbonyl (C=O) groups is 2. The molecule has 19 heavy (non-hydrogen) atoms. The number of nitrogens with zero attached hydrogens (tertiary/aromatic N) is 1. The molecule has 5 nitrogen and oxygen atoms in total. The molecule has 1 aromatic heterocycles. The van der Waals surface area contributed by atoms with Crippen LogP contribution in [0.1, 0.15) is 41.8 Å². The Morgan fingerprint density at radius 3 is 2.79 bits per heavy atom. The zero-order chi connectivity index (χ0) is 13.4. The third kappa shape index (κ3) is 2.37. The highest BCUT2D eigenvalue weighted by Gasteiger charge is 2.37. The van der Waals surface area contributed by atoms with Gasteiger partial charge in [0.2, 0.25) is 5.91 Å². The zero-order valence-electron chi connectivity index (χ0n) is 11.0. The van der Waals surface area contributed by atoms with Crippen LogP contribution in [0.25, 0.3) is 0 Å². The third-order valence-electron chi connectivity index (χ3n) is 3.83. The van der Waals surface area contributed by atoms with E-state index in [-0.39, 0.29) is 17.9 Å². The molecule has 5 heteroatoms. The Hall–Kier alpha value is -1.78. The Balaban J connectivity index is 1.73. The molecule has 1 aliphatic carbocycles. The molecule has 3 rings (SSSR count). The fourth-order valence-corrected chi connectivity index (χ4v) is 2.57. The van der Waals surface area contributed by atoms with Gasteiger partial charge in [0.25, 0.3) is 5.91 Å². The van der Waals surface area contributed by atoms with E-state index in [4.69, 9.17) is 4.42 Å². The van der Waals surface area contributed by atoms with Crippen molar-refractivity contribution < 1.29 is 14.0 Å². The van der Waals surface area contributed by atoms with Crippen molar-refractivity contribution in [3.8, 4) is 0 Å². The highest BCUT2D eigenvalue weighted by Crippen LogP contribution is 2.24. The fraction of sp³-hybridized carbons (Fsp3) is 0.571. The number of nitrogens with one attached hydrogen (secondary N) is 1. The monoisotopic (exact) mass is 262 g/mol. The molecule has 0 bridgehead atoms. The van der Waals surface area contributed by atoms with Crippen molar-refractivity contribution in [2.75, 3.05) is 6.54 Å². The topological polar surface area (TPSA) is 62.6 Å². The molecular formula is C14H18N2O3. The summed E-state index contributed by atoms with van der Waals surface area (Å²) in [4.78, 5) is 26.2. The normalized spacial score (nSPS) is 22.6. The number of likely N-dealkylation sites (tertiary alicyclic amines) is 1. The second kappa shape index (κ2) is 4.72. The predicted molar refractivity (Wildman–Crippen MR) is 68.7 cm³/mol. The van der Waals surface area contributed by atoms with Gasteiger partial charge in [-0.3, -0.25) is 9.59 Å². The Labute approximate surface area is 111 Å². The standard InChI is InChI=1S/C14H18N2O3/c1-9-11(6-8-19-9)14(18)16-7-2-3-12(16)13(17)15-10-4-5-10/h6,8,10,12H,2-5,7H2,1H3,(H,15,17). The fourth-order valence-electron chi connectivity index (χ4n) is 2.57. The van der Waals surface area contributed by atoms with E-state index in [0.29, 0.717) is 23.9 Å². The van der Waals surface area contributed by atoms with Crippen LogP contribution < -0.4 is 5.32 Å². The molecule has 1 unspecified atom stereocenters. The van der Waals surface area contributed by atoms with Gasteiger partial charge in [-0.15, -0.1) is 0 Å².